The lowest BCUT2D eigenvalue weighted by molar-refractivity contribution is 0.401. The molecule has 0 unspecified atom stereocenters. The van der Waals surface area contributed by atoms with E-state index in [1.54, 1.807) is 7.11 Å². The van der Waals surface area contributed by atoms with Gasteiger partial charge < -0.3 is 4.74 Å². The maximum absolute atomic E-state index is 5.14. The highest BCUT2D eigenvalue weighted by atomic mass is 127. The highest BCUT2D eigenvalue weighted by Gasteiger charge is 2.04. The fourth-order valence-corrected chi connectivity index (χ4v) is 3.62. The average molecular weight is 392 g/mol. The standard InChI is InChI=1S/C7H6I2OS/c1-10-7-5(9)2-4(8)3-6(7)11/h2-3,11H,1H3. The summed E-state index contributed by atoms with van der Waals surface area (Å²) in [4.78, 5) is 0.892. The van der Waals surface area contributed by atoms with Crippen LogP contribution in [0.3, 0.4) is 0 Å². The van der Waals surface area contributed by atoms with Crippen molar-refractivity contribution in [2.24, 2.45) is 0 Å². The van der Waals surface area contributed by atoms with Crippen LogP contribution < -0.4 is 4.74 Å². The van der Waals surface area contributed by atoms with Crippen LogP contribution in [0.4, 0.5) is 0 Å². The van der Waals surface area contributed by atoms with E-state index in [-0.39, 0.29) is 0 Å². The SMILES string of the molecule is COc1c(S)cc(I)cc1I. The summed E-state index contributed by atoms with van der Waals surface area (Å²) in [6.07, 6.45) is 0. The van der Waals surface area contributed by atoms with Crippen LogP contribution in [0, 0.1) is 7.14 Å². The summed E-state index contributed by atoms with van der Waals surface area (Å²) in [5, 5.41) is 0. The molecular formula is C7H6I2OS. The van der Waals surface area contributed by atoms with Crippen LogP contribution in [-0.2, 0) is 0 Å². The summed E-state index contributed by atoms with van der Waals surface area (Å²) in [5.74, 6) is 0.856. The summed E-state index contributed by atoms with van der Waals surface area (Å²) in [6.45, 7) is 0. The molecule has 60 valence electrons. The lowest BCUT2D eigenvalue weighted by atomic mass is 10.3. The van der Waals surface area contributed by atoms with E-state index in [1.807, 2.05) is 6.07 Å². The molecule has 1 aromatic carbocycles. The predicted octanol–water partition coefficient (Wildman–Crippen LogP) is 3.19. The van der Waals surface area contributed by atoms with E-state index >= 15 is 0 Å². The number of methoxy groups -OCH3 is 1. The van der Waals surface area contributed by atoms with Gasteiger partial charge in [-0.2, -0.15) is 0 Å². The largest absolute Gasteiger partial charge is 0.494 e. The molecule has 0 aromatic heterocycles. The zero-order valence-corrected chi connectivity index (χ0v) is 11.0. The Kier molecular flexibility index (Phi) is 3.76. The molecule has 0 atom stereocenters. The Bertz CT molecular complexity index is 252. The molecule has 1 rings (SSSR count). The Hall–Kier alpha value is 0.830. The Labute approximate surface area is 98.6 Å². The summed E-state index contributed by atoms with van der Waals surface area (Å²) in [7, 11) is 1.66. The Morgan fingerprint density at radius 3 is 2.45 bits per heavy atom. The minimum Gasteiger partial charge on any atom is -0.494 e. The normalized spacial score (nSPS) is 9.82. The summed E-state index contributed by atoms with van der Waals surface area (Å²) in [5.41, 5.74) is 0. The van der Waals surface area contributed by atoms with Crippen LogP contribution in [0.25, 0.3) is 0 Å². The summed E-state index contributed by atoms with van der Waals surface area (Å²) >= 11 is 8.77. The minimum atomic E-state index is 0.856. The number of hydrogen-bond donors (Lipinski definition) is 1. The number of rotatable bonds is 1. The van der Waals surface area contributed by atoms with Gasteiger partial charge >= 0.3 is 0 Å². The maximum atomic E-state index is 5.14. The van der Waals surface area contributed by atoms with E-state index in [0.29, 0.717) is 0 Å². The summed E-state index contributed by atoms with van der Waals surface area (Å²) < 4.78 is 7.42. The molecule has 11 heavy (non-hydrogen) atoms. The van der Waals surface area contributed by atoms with E-state index in [0.717, 1.165) is 14.2 Å². The molecule has 0 saturated heterocycles. The first-order chi connectivity index (χ1) is 5.15. The van der Waals surface area contributed by atoms with E-state index in [1.165, 1.54) is 3.57 Å². The van der Waals surface area contributed by atoms with Gasteiger partial charge in [-0.05, 0) is 57.3 Å². The third kappa shape index (κ3) is 2.38. The van der Waals surface area contributed by atoms with Crippen molar-refractivity contribution in [1.29, 1.82) is 0 Å². The third-order valence-corrected chi connectivity index (χ3v) is 2.95. The van der Waals surface area contributed by atoms with Crippen LogP contribution in [-0.4, -0.2) is 7.11 Å². The van der Waals surface area contributed by atoms with Crippen LogP contribution >= 0.6 is 57.8 Å². The lowest BCUT2D eigenvalue weighted by Gasteiger charge is -2.06. The van der Waals surface area contributed by atoms with Crippen molar-refractivity contribution in [3.63, 3.8) is 0 Å². The molecule has 0 radical (unpaired) electrons. The second kappa shape index (κ2) is 4.18. The molecule has 0 aliphatic heterocycles. The van der Waals surface area contributed by atoms with Gasteiger partial charge in [0.05, 0.1) is 10.7 Å². The number of halogens is 2. The van der Waals surface area contributed by atoms with Crippen molar-refractivity contribution in [2.75, 3.05) is 7.11 Å². The molecule has 0 aliphatic carbocycles. The fraction of sp³-hybridized carbons (Fsp3) is 0.143. The molecule has 0 saturated carbocycles. The van der Waals surface area contributed by atoms with E-state index in [2.05, 4.69) is 63.9 Å². The van der Waals surface area contributed by atoms with Gasteiger partial charge in [0.2, 0.25) is 0 Å². The molecular weight excluding hydrogens is 386 g/mol. The zero-order chi connectivity index (χ0) is 8.43. The van der Waals surface area contributed by atoms with E-state index in [4.69, 9.17) is 4.74 Å². The highest BCUT2D eigenvalue weighted by molar-refractivity contribution is 14.1. The van der Waals surface area contributed by atoms with Crippen molar-refractivity contribution in [3.8, 4) is 5.75 Å². The van der Waals surface area contributed by atoms with Gasteiger partial charge in [0.25, 0.3) is 0 Å². The number of hydrogen-bond acceptors (Lipinski definition) is 2. The molecule has 0 fully saturated rings. The van der Waals surface area contributed by atoms with Crippen molar-refractivity contribution < 1.29 is 4.74 Å². The molecule has 0 aliphatic rings. The topological polar surface area (TPSA) is 9.23 Å². The van der Waals surface area contributed by atoms with Crippen molar-refractivity contribution in [1.82, 2.24) is 0 Å². The summed E-state index contributed by atoms with van der Waals surface area (Å²) in [6, 6.07) is 4.03. The van der Waals surface area contributed by atoms with Crippen molar-refractivity contribution >= 4 is 57.8 Å². The number of ether oxygens (including phenoxy) is 1. The smallest absolute Gasteiger partial charge is 0.145 e. The van der Waals surface area contributed by atoms with Crippen LogP contribution in [0.5, 0.6) is 5.75 Å². The third-order valence-electron chi connectivity index (χ3n) is 1.19. The molecule has 0 amide bonds. The lowest BCUT2D eigenvalue weighted by Crippen LogP contribution is -1.89. The van der Waals surface area contributed by atoms with Crippen molar-refractivity contribution in [3.05, 3.63) is 19.3 Å². The molecule has 1 nitrogen and oxygen atoms in total. The van der Waals surface area contributed by atoms with Crippen LogP contribution in [0.15, 0.2) is 17.0 Å². The van der Waals surface area contributed by atoms with Gasteiger partial charge in [0, 0.05) is 8.47 Å². The number of benzene rings is 1. The molecule has 0 heterocycles. The van der Waals surface area contributed by atoms with Gasteiger partial charge in [-0.1, -0.05) is 0 Å². The molecule has 4 heteroatoms. The quantitative estimate of drug-likeness (QED) is 0.571. The van der Waals surface area contributed by atoms with E-state index < -0.39 is 0 Å². The van der Waals surface area contributed by atoms with Crippen molar-refractivity contribution in [2.45, 2.75) is 4.90 Å². The fourth-order valence-electron chi connectivity index (χ4n) is 0.749. The molecule has 0 N–H and O–H groups in total. The second-order valence-electron chi connectivity index (χ2n) is 1.94. The molecule has 0 spiro atoms. The molecule has 0 bridgehead atoms. The van der Waals surface area contributed by atoms with Gasteiger partial charge in [-0.25, -0.2) is 0 Å². The van der Waals surface area contributed by atoms with Crippen LogP contribution in [0.2, 0.25) is 0 Å². The highest BCUT2D eigenvalue weighted by Crippen LogP contribution is 2.30. The van der Waals surface area contributed by atoms with Gasteiger partial charge in [0.15, 0.2) is 0 Å². The van der Waals surface area contributed by atoms with Gasteiger partial charge in [-0.3, -0.25) is 0 Å². The maximum Gasteiger partial charge on any atom is 0.145 e. The first-order valence-corrected chi connectivity index (χ1v) is 5.47. The monoisotopic (exact) mass is 392 g/mol. The zero-order valence-electron chi connectivity index (χ0n) is 5.77. The molecule has 1 aromatic rings. The Morgan fingerprint density at radius 1 is 1.36 bits per heavy atom. The first kappa shape index (κ1) is 9.91. The number of thiol groups is 1. The predicted molar refractivity (Wildman–Crippen MR) is 65.7 cm³/mol. The van der Waals surface area contributed by atoms with Gasteiger partial charge in [0.1, 0.15) is 5.75 Å². The Balaban J connectivity index is 3.25. The van der Waals surface area contributed by atoms with Crippen LogP contribution in [0.1, 0.15) is 0 Å². The van der Waals surface area contributed by atoms with E-state index in [9.17, 15) is 0 Å². The van der Waals surface area contributed by atoms with Gasteiger partial charge in [-0.15, -0.1) is 12.6 Å². The second-order valence-corrected chi connectivity index (χ2v) is 4.83. The average Bonchev–Trinajstić information content (AvgIpc) is 1.85. The first-order valence-electron chi connectivity index (χ1n) is 2.87. The Morgan fingerprint density at radius 2 is 2.00 bits per heavy atom. The minimum absolute atomic E-state index is 0.856.